The minimum atomic E-state index is -3.48. The van der Waals surface area contributed by atoms with Crippen LogP contribution in [0.15, 0.2) is 48.5 Å². The highest BCUT2D eigenvalue weighted by molar-refractivity contribution is 7.89. The highest BCUT2D eigenvalue weighted by atomic mass is 35.5. The summed E-state index contributed by atoms with van der Waals surface area (Å²) in [7, 11) is -3.48. The van der Waals surface area contributed by atoms with Crippen molar-refractivity contribution in [3.05, 3.63) is 64.9 Å². The van der Waals surface area contributed by atoms with E-state index < -0.39 is 10.0 Å². The Balaban J connectivity index is 1.81. The van der Waals surface area contributed by atoms with Crippen molar-refractivity contribution < 1.29 is 17.5 Å². The monoisotopic (exact) mass is 343 g/mol. The minimum Gasteiger partial charge on any atom is -0.492 e. The third-order valence-corrected chi connectivity index (χ3v) is 4.53. The van der Waals surface area contributed by atoms with Crippen molar-refractivity contribution in [2.24, 2.45) is 0 Å². The molecule has 0 aliphatic rings. The second kappa shape index (κ2) is 7.58. The van der Waals surface area contributed by atoms with Gasteiger partial charge in [0.05, 0.1) is 5.75 Å². The van der Waals surface area contributed by atoms with Gasteiger partial charge in [-0.3, -0.25) is 0 Å². The van der Waals surface area contributed by atoms with E-state index in [0.29, 0.717) is 16.3 Å². The van der Waals surface area contributed by atoms with Crippen LogP contribution < -0.4 is 9.46 Å². The molecule has 2 aromatic rings. The van der Waals surface area contributed by atoms with Gasteiger partial charge in [0.1, 0.15) is 18.2 Å². The van der Waals surface area contributed by atoms with Gasteiger partial charge in [0.25, 0.3) is 0 Å². The Hall–Kier alpha value is -1.63. The van der Waals surface area contributed by atoms with Crippen molar-refractivity contribution in [3.8, 4) is 5.75 Å². The number of hydrogen-bond donors (Lipinski definition) is 1. The Morgan fingerprint density at radius 1 is 1.09 bits per heavy atom. The van der Waals surface area contributed by atoms with Crippen LogP contribution in [-0.2, 0) is 16.6 Å². The molecule has 0 aromatic heterocycles. The lowest BCUT2D eigenvalue weighted by Crippen LogP contribution is -2.28. The number of halogens is 2. The Morgan fingerprint density at radius 3 is 2.45 bits per heavy atom. The van der Waals surface area contributed by atoms with Crippen LogP contribution in [0.1, 0.15) is 5.56 Å². The van der Waals surface area contributed by atoms with Crippen molar-refractivity contribution in [2.45, 2.75) is 6.54 Å². The lowest BCUT2D eigenvalue weighted by molar-refractivity contribution is 0.339. The number of hydrogen-bond acceptors (Lipinski definition) is 3. The van der Waals surface area contributed by atoms with Gasteiger partial charge < -0.3 is 4.74 Å². The van der Waals surface area contributed by atoms with Crippen molar-refractivity contribution in [2.75, 3.05) is 12.4 Å². The number of sulfonamides is 1. The van der Waals surface area contributed by atoms with Crippen LogP contribution in [0.2, 0.25) is 5.02 Å². The molecule has 0 heterocycles. The Morgan fingerprint density at radius 2 is 1.77 bits per heavy atom. The maximum atomic E-state index is 12.7. The largest absolute Gasteiger partial charge is 0.492 e. The first-order valence-electron chi connectivity index (χ1n) is 6.55. The second-order valence-electron chi connectivity index (χ2n) is 4.53. The molecule has 4 nitrogen and oxygen atoms in total. The van der Waals surface area contributed by atoms with E-state index in [4.69, 9.17) is 16.3 Å². The Bertz CT molecular complexity index is 720. The zero-order valence-electron chi connectivity index (χ0n) is 11.6. The lowest BCUT2D eigenvalue weighted by Gasteiger charge is -2.09. The predicted molar refractivity (Wildman–Crippen MR) is 84.0 cm³/mol. The van der Waals surface area contributed by atoms with Gasteiger partial charge >= 0.3 is 0 Å². The van der Waals surface area contributed by atoms with Crippen LogP contribution in [-0.4, -0.2) is 20.8 Å². The normalized spacial score (nSPS) is 11.4. The Labute approximate surface area is 133 Å². The van der Waals surface area contributed by atoms with E-state index in [1.165, 1.54) is 24.3 Å². The van der Waals surface area contributed by atoms with Crippen LogP contribution in [0, 0.1) is 5.82 Å². The molecule has 0 saturated carbocycles. The number of benzene rings is 2. The fourth-order valence-electron chi connectivity index (χ4n) is 1.70. The quantitative estimate of drug-likeness (QED) is 0.841. The standard InChI is InChI=1S/C15H15ClFNO3S/c16-15-4-2-1-3-12(15)11-18-22(19,20)10-9-21-14-7-5-13(17)6-8-14/h1-8,18H,9-11H2. The van der Waals surface area contributed by atoms with Gasteiger partial charge in [-0.15, -0.1) is 0 Å². The molecule has 7 heteroatoms. The van der Waals surface area contributed by atoms with Gasteiger partial charge in [0.15, 0.2) is 0 Å². The topological polar surface area (TPSA) is 55.4 Å². The average molecular weight is 344 g/mol. The third kappa shape index (κ3) is 5.29. The lowest BCUT2D eigenvalue weighted by atomic mass is 10.2. The first-order chi connectivity index (χ1) is 10.5. The molecule has 0 atom stereocenters. The molecule has 2 aromatic carbocycles. The summed E-state index contributed by atoms with van der Waals surface area (Å²) in [5, 5.41) is 0.507. The molecule has 22 heavy (non-hydrogen) atoms. The average Bonchev–Trinajstić information content (AvgIpc) is 2.48. The minimum absolute atomic E-state index is 0.0243. The molecule has 0 saturated heterocycles. The molecular formula is C15H15ClFNO3S. The SMILES string of the molecule is O=S(=O)(CCOc1ccc(F)cc1)NCc1ccccc1Cl. The molecule has 1 N–H and O–H groups in total. The molecule has 0 amide bonds. The summed E-state index contributed by atoms with van der Waals surface area (Å²) >= 11 is 5.96. The highest BCUT2D eigenvalue weighted by Gasteiger charge is 2.11. The summed E-state index contributed by atoms with van der Waals surface area (Å²) in [6.45, 7) is 0.0992. The van der Waals surface area contributed by atoms with Crippen molar-refractivity contribution >= 4 is 21.6 Å². The van der Waals surface area contributed by atoms with E-state index >= 15 is 0 Å². The number of rotatable bonds is 7. The molecule has 0 fully saturated rings. The van der Waals surface area contributed by atoms with E-state index in [1.807, 2.05) is 0 Å². The van der Waals surface area contributed by atoms with Gasteiger partial charge in [-0.1, -0.05) is 29.8 Å². The fourth-order valence-corrected chi connectivity index (χ4v) is 2.73. The highest BCUT2D eigenvalue weighted by Crippen LogP contribution is 2.15. The molecule has 0 aliphatic carbocycles. The van der Waals surface area contributed by atoms with Gasteiger partial charge in [0.2, 0.25) is 10.0 Å². The summed E-state index contributed by atoms with van der Waals surface area (Å²) < 4.78 is 44.2. The molecule has 0 radical (unpaired) electrons. The predicted octanol–water partition coefficient (Wildman–Crippen LogP) is 2.98. The first-order valence-corrected chi connectivity index (χ1v) is 8.58. The van der Waals surface area contributed by atoms with Crippen molar-refractivity contribution in [3.63, 3.8) is 0 Å². The van der Waals surface area contributed by atoms with E-state index in [2.05, 4.69) is 4.72 Å². The van der Waals surface area contributed by atoms with Crippen LogP contribution in [0.25, 0.3) is 0 Å². The van der Waals surface area contributed by atoms with Gasteiger partial charge in [-0.2, -0.15) is 0 Å². The number of nitrogens with one attached hydrogen (secondary N) is 1. The maximum absolute atomic E-state index is 12.7. The summed E-state index contributed by atoms with van der Waals surface area (Å²) in [6, 6.07) is 12.4. The molecule has 0 unspecified atom stereocenters. The van der Waals surface area contributed by atoms with Crippen LogP contribution in [0.5, 0.6) is 5.75 Å². The molecule has 0 spiro atoms. The summed E-state index contributed by atoms with van der Waals surface area (Å²) in [5.74, 6) is -0.154. The van der Waals surface area contributed by atoms with E-state index in [0.717, 1.165) is 0 Å². The van der Waals surface area contributed by atoms with Gasteiger partial charge in [-0.05, 0) is 35.9 Å². The van der Waals surface area contributed by atoms with Crippen molar-refractivity contribution in [1.82, 2.24) is 4.72 Å². The van der Waals surface area contributed by atoms with Crippen molar-refractivity contribution in [1.29, 1.82) is 0 Å². The third-order valence-electron chi connectivity index (χ3n) is 2.87. The van der Waals surface area contributed by atoms with E-state index in [-0.39, 0.29) is 24.7 Å². The zero-order valence-corrected chi connectivity index (χ0v) is 13.2. The smallest absolute Gasteiger partial charge is 0.215 e. The number of ether oxygens (including phenoxy) is 1. The molecule has 0 bridgehead atoms. The molecular weight excluding hydrogens is 329 g/mol. The Kier molecular flexibility index (Phi) is 5.76. The summed E-state index contributed by atoms with van der Waals surface area (Å²) in [6.07, 6.45) is 0. The zero-order chi connectivity index (χ0) is 16.0. The van der Waals surface area contributed by atoms with Gasteiger partial charge in [-0.25, -0.2) is 17.5 Å². The van der Waals surface area contributed by atoms with Crippen LogP contribution in [0.3, 0.4) is 0 Å². The molecule has 2 rings (SSSR count). The van der Waals surface area contributed by atoms with E-state index in [1.54, 1.807) is 24.3 Å². The summed E-state index contributed by atoms with van der Waals surface area (Å²) in [5.41, 5.74) is 0.701. The molecule has 0 aliphatic heterocycles. The van der Waals surface area contributed by atoms with Crippen LogP contribution in [0.4, 0.5) is 4.39 Å². The maximum Gasteiger partial charge on any atom is 0.215 e. The second-order valence-corrected chi connectivity index (χ2v) is 6.87. The first kappa shape index (κ1) is 16.7. The summed E-state index contributed by atoms with van der Waals surface area (Å²) in [4.78, 5) is 0. The van der Waals surface area contributed by atoms with E-state index in [9.17, 15) is 12.8 Å². The van der Waals surface area contributed by atoms with Gasteiger partial charge in [0, 0.05) is 11.6 Å². The molecule has 118 valence electrons. The fraction of sp³-hybridized carbons (Fsp3) is 0.200. The van der Waals surface area contributed by atoms with Crippen LogP contribution >= 0.6 is 11.6 Å².